The molecule has 4 rings (SSSR count). The average Bonchev–Trinajstić information content (AvgIpc) is 3.34. The first-order valence-corrected chi connectivity index (χ1v) is 8.52. The fourth-order valence-corrected chi connectivity index (χ4v) is 3.31. The monoisotopic (exact) mass is 355 g/mol. The number of amides is 1. The molecule has 1 aliphatic rings. The van der Waals surface area contributed by atoms with Crippen molar-refractivity contribution in [3.05, 3.63) is 71.3 Å². The van der Waals surface area contributed by atoms with E-state index in [-0.39, 0.29) is 23.5 Å². The maximum Gasteiger partial charge on any atom is 0.292 e. The van der Waals surface area contributed by atoms with Crippen molar-refractivity contribution in [2.75, 3.05) is 6.54 Å². The number of nitrogens with zero attached hydrogens (tertiary/aromatic N) is 3. The number of aromatic nitrogens is 2. The summed E-state index contributed by atoms with van der Waals surface area (Å²) in [7, 11) is 0. The van der Waals surface area contributed by atoms with Crippen LogP contribution in [-0.2, 0) is 6.42 Å². The van der Waals surface area contributed by atoms with Crippen molar-refractivity contribution in [1.82, 2.24) is 14.9 Å². The van der Waals surface area contributed by atoms with Crippen LogP contribution in [0.4, 0.5) is 4.39 Å². The van der Waals surface area contributed by atoms with Crippen LogP contribution in [0.2, 0.25) is 0 Å². The maximum atomic E-state index is 13.3. The van der Waals surface area contributed by atoms with Crippen molar-refractivity contribution in [3.63, 3.8) is 0 Å². The van der Waals surface area contributed by atoms with Crippen molar-refractivity contribution < 1.29 is 18.0 Å². The third kappa shape index (κ3) is 3.12. The lowest BCUT2D eigenvalue weighted by Crippen LogP contribution is -2.30. The molecule has 1 aliphatic heterocycles. The largest absolute Gasteiger partial charge is 0.443 e. The Bertz CT molecular complexity index is 934. The summed E-state index contributed by atoms with van der Waals surface area (Å²) in [6.07, 6.45) is 5.01. The molecule has 3 aromatic rings. The highest BCUT2D eigenvalue weighted by atomic mass is 19.1. The van der Waals surface area contributed by atoms with E-state index in [1.54, 1.807) is 24.1 Å². The van der Waals surface area contributed by atoms with Gasteiger partial charge in [-0.25, -0.2) is 14.4 Å². The Labute approximate surface area is 149 Å². The summed E-state index contributed by atoms with van der Waals surface area (Å²) < 4.78 is 24.4. The number of rotatable bonds is 4. The Balaban J connectivity index is 1.53. The first-order chi connectivity index (χ1) is 12.6. The summed E-state index contributed by atoms with van der Waals surface area (Å²) >= 11 is 0. The molecule has 2 aromatic heterocycles. The zero-order chi connectivity index (χ0) is 18.1. The quantitative estimate of drug-likeness (QED) is 0.714. The number of aryl methyl sites for hydroxylation is 1. The molecule has 0 saturated carbocycles. The van der Waals surface area contributed by atoms with Gasteiger partial charge < -0.3 is 13.7 Å². The van der Waals surface area contributed by atoms with E-state index in [1.165, 1.54) is 18.5 Å². The predicted octanol–water partition coefficient (Wildman–Crippen LogP) is 3.68. The van der Waals surface area contributed by atoms with Crippen molar-refractivity contribution in [3.8, 4) is 0 Å². The molecule has 134 valence electrons. The van der Waals surface area contributed by atoms with Crippen LogP contribution in [0.15, 0.2) is 45.7 Å². The number of carbonyl (C=O) groups excluding carboxylic acids is 1. The van der Waals surface area contributed by atoms with Crippen LogP contribution >= 0.6 is 0 Å². The van der Waals surface area contributed by atoms with Crippen LogP contribution in [0.5, 0.6) is 0 Å². The van der Waals surface area contributed by atoms with Crippen molar-refractivity contribution in [2.24, 2.45) is 0 Å². The van der Waals surface area contributed by atoms with E-state index in [4.69, 9.17) is 8.83 Å². The normalized spacial score (nSPS) is 17.0. The van der Waals surface area contributed by atoms with Crippen LogP contribution in [0, 0.1) is 12.7 Å². The molecule has 0 radical (unpaired) electrons. The third-order valence-corrected chi connectivity index (χ3v) is 4.58. The van der Waals surface area contributed by atoms with E-state index in [0.29, 0.717) is 30.3 Å². The molecule has 7 heteroatoms. The molecule has 6 nitrogen and oxygen atoms in total. The number of oxazole rings is 2. The molecule has 0 aliphatic carbocycles. The van der Waals surface area contributed by atoms with Gasteiger partial charge in [0, 0.05) is 13.0 Å². The lowest BCUT2D eigenvalue weighted by molar-refractivity contribution is 0.0681. The molecule has 0 bridgehead atoms. The number of benzene rings is 1. The summed E-state index contributed by atoms with van der Waals surface area (Å²) in [5.74, 6) is 0.910. The van der Waals surface area contributed by atoms with Gasteiger partial charge in [-0.2, -0.15) is 0 Å². The summed E-state index contributed by atoms with van der Waals surface area (Å²) in [5.41, 5.74) is 1.38. The minimum Gasteiger partial charge on any atom is -0.443 e. The highest BCUT2D eigenvalue weighted by Crippen LogP contribution is 2.33. The van der Waals surface area contributed by atoms with Gasteiger partial charge in [0.05, 0.1) is 11.9 Å². The first kappa shape index (κ1) is 16.5. The van der Waals surface area contributed by atoms with Gasteiger partial charge in [-0.05, 0) is 37.5 Å². The van der Waals surface area contributed by atoms with Crippen LogP contribution in [0.25, 0.3) is 0 Å². The van der Waals surface area contributed by atoms with Crippen LogP contribution in [-0.4, -0.2) is 27.3 Å². The van der Waals surface area contributed by atoms with Gasteiger partial charge >= 0.3 is 0 Å². The van der Waals surface area contributed by atoms with E-state index in [9.17, 15) is 9.18 Å². The topological polar surface area (TPSA) is 72.4 Å². The summed E-state index contributed by atoms with van der Waals surface area (Å²) in [6, 6.07) is 6.15. The maximum absolute atomic E-state index is 13.3. The molecule has 1 atom stereocenters. The van der Waals surface area contributed by atoms with E-state index in [2.05, 4.69) is 9.97 Å². The summed E-state index contributed by atoms with van der Waals surface area (Å²) in [6.45, 7) is 2.36. The standard InChI is InChI=1S/C19H18FN3O3/c1-12-17(25-11-22-12)19(24)23-7-3-6-16(23)18-21-10-15(26-18)9-13-4-2-5-14(20)8-13/h2,4-5,8,10-11,16H,3,6-7,9H2,1H3. The predicted molar refractivity (Wildman–Crippen MR) is 90.0 cm³/mol. The van der Waals surface area contributed by atoms with Crippen molar-refractivity contribution in [1.29, 1.82) is 0 Å². The highest BCUT2D eigenvalue weighted by Gasteiger charge is 2.35. The SMILES string of the molecule is Cc1ncoc1C(=O)N1CCCC1c1ncc(Cc2cccc(F)c2)o1. The zero-order valence-corrected chi connectivity index (χ0v) is 14.3. The molecule has 1 aromatic carbocycles. The summed E-state index contributed by atoms with van der Waals surface area (Å²) in [5, 5.41) is 0. The second-order valence-electron chi connectivity index (χ2n) is 6.39. The fourth-order valence-electron chi connectivity index (χ4n) is 3.31. The Hall–Kier alpha value is -2.96. The van der Waals surface area contributed by atoms with Crippen LogP contribution < -0.4 is 0 Å². The lowest BCUT2D eigenvalue weighted by Gasteiger charge is -2.21. The molecule has 1 saturated heterocycles. The minimum absolute atomic E-state index is 0.201. The summed E-state index contributed by atoms with van der Waals surface area (Å²) in [4.78, 5) is 22.8. The van der Waals surface area contributed by atoms with E-state index < -0.39 is 0 Å². The molecule has 1 unspecified atom stereocenters. The van der Waals surface area contributed by atoms with E-state index >= 15 is 0 Å². The van der Waals surface area contributed by atoms with Crippen molar-refractivity contribution in [2.45, 2.75) is 32.2 Å². The van der Waals surface area contributed by atoms with E-state index in [1.807, 2.05) is 6.07 Å². The van der Waals surface area contributed by atoms with Gasteiger partial charge in [0.25, 0.3) is 5.91 Å². The zero-order valence-electron chi connectivity index (χ0n) is 14.3. The Morgan fingerprint density at radius 3 is 3.04 bits per heavy atom. The molecule has 1 amide bonds. The van der Waals surface area contributed by atoms with Gasteiger partial charge in [-0.15, -0.1) is 0 Å². The molecule has 0 N–H and O–H groups in total. The van der Waals surface area contributed by atoms with Crippen molar-refractivity contribution >= 4 is 5.91 Å². The van der Waals surface area contributed by atoms with Gasteiger partial charge in [0.1, 0.15) is 17.6 Å². The van der Waals surface area contributed by atoms with Crippen LogP contribution in [0.1, 0.15) is 52.3 Å². The second-order valence-corrected chi connectivity index (χ2v) is 6.39. The average molecular weight is 355 g/mol. The molecular weight excluding hydrogens is 337 g/mol. The molecule has 0 spiro atoms. The van der Waals surface area contributed by atoms with E-state index in [0.717, 1.165) is 18.4 Å². The van der Waals surface area contributed by atoms with Gasteiger partial charge in [-0.3, -0.25) is 4.79 Å². The number of hydrogen-bond acceptors (Lipinski definition) is 5. The Morgan fingerprint density at radius 2 is 2.27 bits per heavy atom. The number of halogens is 1. The van der Waals surface area contributed by atoms with Gasteiger partial charge in [0.15, 0.2) is 6.39 Å². The minimum atomic E-state index is -0.280. The van der Waals surface area contributed by atoms with Crippen LogP contribution in [0.3, 0.4) is 0 Å². The highest BCUT2D eigenvalue weighted by molar-refractivity contribution is 5.92. The lowest BCUT2D eigenvalue weighted by atomic mass is 10.1. The first-order valence-electron chi connectivity index (χ1n) is 8.52. The number of hydrogen-bond donors (Lipinski definition) is 0. The smallest absolute Gasteiger partial charge is 0.292 e. The fraction of sp³-hybridized carbons (Fsp3) is 0.316. The molecule has 3 heterocycles. The molecular formula is C19H18FN3O3. The Morgan fingerprint density at radius 1 is 1.38 bits per heavy atom. The molecule has 26 heavy (non-hydrogen) atoms. The van der Waals surface area contributed by atoms with Gasteiger partial charge in [-0.1, -0.05) is 12.1 Å². The molecule has 1 fully saturated rings. The second kappa shape index (κ2) is 6.74. The number of carbonyl (C=O) groups is 1. The Kier molecular flexibility index (Phi) is 4.28. The third-order valence-electron chi connectivity index (χ3n) is 4.58. The van der Waals surface area contributed by atoms with Gasteiger partial charge in [0.2, 0.25) is 11.7 Å². The number of likely N-dealkylation sites (tertiary alicyclic amines) is 1.